The quantitative estimate of drug-likeness (QED) is 0.166. The van der Waals surface area contributed by atoms with E-state index in [1.807, 2.05) is 55.6 Å². The van der Waals surface area contributed by atoms with Crippen molar-refractivity contribution in [2.24, 2.45) is 12.0 Å². The number of anilines is 2. The number of carbonyl (C=O) groups is 1. The molecule has 10 heteroatoms. The molecule has 0 radical (unpaired) electrons. The van der Waals surface area contributed by atoms with Crippen molar-refractivity contribution in [2.75, 3.05) is 17.2 Å². The highest BCUT2D eigenvalue weighted by Crippen LogP contribution is 2.27. The van der Waals surface area contributed by atoms with E-state index in [-0.39, 0.29) is 5.56 Å². The van der Waals surface area contributed by atoms with E-state index in [0.29, 0.717) is 40.6 Å². The highest BCUT2D eigenvalue weighted by Gasteiger charge is 2.15. The van der Waals surface area contributed by atoms with Gasteiger partial charge in [-0.05, 0) is 80.1 Å². The summed E-state index contributed by atoms with van der Waals surface area (Å²) in [4.78, 5) is 23.2. The van der Waals surface area contributed by atoms with Crippen LogP contribution >= 0.6 is 0 Å². The van der Waals surface area contributed by atoms with Crippen LogP contribution in [0, 0.1) is 24.6 Å². The largest absolute Gasteiger partial charge is 0.457 e. The van der Waals surface area contributed by atoms with Gasteiger partial charge in [0.15, 0.2) is 0 Å². The third-order valence-corrected chi connectivity index (χ3v) is 6.89. The van der Waals surface area contributed by atoms with Gasteiger partial charge in [0.2, 0.25) is 0 Å². The van der Waals surface area contributed by atoms with Gasteiger partial charge in [-0.15, -0.1) is 0 Å². The number of aromatic nitrogens is 3. The van der Waals surface area contributed by atoms with E-state index in [9.17, 15) is 4.79 Å². The number of amides is 1. The van der Waals surface area contributed by atoms with Crippen LogP contribution in [0.25, 0.3) is 0 Å². The van der Waals surface area contributed by atoms with Crippen molar-refractivity contribution in [2.45, 2.75) is 20.3 Å². The van der Waals surface area contributed by atoms with Gasteiger partial charge in [0.1, 0.15) is 23.0 Å². The molecule has 0 bridgehead atoms. The molecule has 0 aliphatic carbocycles. The second kappa shape index (κ2) is 14.0. The molecule has 3 heterocycles. The van der Waals surface area contributed by atoms with Gasteiger partial charge < -0.3 is 20.3 Å². The predicted octanol–water partition coefficient (Wildman–Crippen LogP) is 6.59. The van der Waals surface area contributed by atoms with Crippen molar-refractivity contribution in [3.8, 4) is 23.3 Å². The van der Waals surface area contributed by atoms with E-state index in [1.54, 1.807) is 60.7 Å². The summed E-state index contributed by atoms with van der Waals surface area (Å²) in [5.74, 6) is 6.30. The summed E-state index contributed by atoms with van der Waals surface area (Å²) in [6.45, 7) is 7.70. The fourth-order valence-corrected chi connectivity index (χ4v) is 4.55. The number of benzene rings is 2. The van der Waals surface area contributed by atoms with E-state index in [4.69, 9.17) is 4.74 Å². The second-order valence-electron chi connectivity index (χ2n) is 10.2. The third-order valence-electron chi connectivity index (χ3n) is 6.89. The van der Waals surface area contributed by atoms with Gasteiger partial charge >= 0.3 is 0 Å². The van der Waals surface area contributed by atoms with Crippen molar-refractivity contribution in [3.63, 3.8) is 0 Å². The molecule has 0 fully saturated rings. The highest BCUT2D eigenvalue weighted by atomic mass is 19.1. The zero-order valence-corrected chi connectivity index (χ0v) is 25.2. The number of halogens is 1. The van der Waals surface area contributed by atoms with Gasteiger partial charge in [-0.25, -0.2) is 4.39 Å². The molecule has 45 heavy (non-hydrogen) atoms. The number of hydrogen-bond acceptors (Lipinski definition) is 7. The molecule has 9 nitrogen and oxygen atoms in total. The van der Waals surface area contributed by atoms with E-state index in [2.05, 4.69) is 44.3 Å². The minimum atomic E-state index is -0.535. The number of ether oxygens (including phenoxy) is 1. The number of nitrogens with one attached hydrogen (secondary N) is 2. The Hall–Kier alpha value is -5.95. The Morgan fingerprint density at radius 1 is 1.18 bits per heavy atom. The molecular weight excluding hydrogens is 569 g/mol. The standard InChI is InChI=1S/C35H32FN7O2/c1-5-25-15-29(19-33(16-25)45-32-10-12-38-13-11-32)41-35(44)27-17-26(24(2)34(36)18-27)8-9-31(21-37-3)43-14-6-7-28(23-43)40-30-20-39-42(4)22-30/h6-7,10-22,40H,3,5,23H2,1-2,4H3,(H,41,44)/b31-21-. The predicted molar refractivity (Wildman–Crippen MR) is 174 cm³/mol. The zero-order valence-electron chi connectivity index (χ0n) is 25.2. The van der Waals surface area contributed by atoms with Gasteiger partial charge in [0, 0.05) is 66.0 Å². The summed E-state index contributed by atoms with van der Waals surface area (Å²) in [6.07, 6.45) is 14.9. The molecule has 1 aliphatic heterocycles. The molecule has 0 spiro atoms. The normalized spacial score (nSPS) is 12.6. The van der Waals surface area contributed by atoms with Crippen LogP contribution in [0.15, 0.2) is 108 Å². The molecule has 0 saturated carbocycles. The van der Waals surface area contributed by atoms with Crippen LogP contribution in [-0.4, -0.2) is 38.8 Å². The summed E-state index contributed by atoms with van der Waals surface area (Å²) >= 11 is 0. The average Bonchev–Trinajstić information content (AvgIpc) is 3.45. The molecule has 226 valence electrons. The maximum atomic E-state index is 15.1. The SMILES string of the molecule is C=N/C=C(/C#Cc1cc(C(=O)Nc2cc(CC)cc(Oc3ccncc3)c2)cc(F)c1C)N1C=CC=C(Nc2cnn(C)c2)C1. The van der Waals surface area contributed by atoms with E-state index < -0.39 is 11.7 Å². The first-order valence-electron chi connectivity index (χ1n) is 14.2. The smallest absolute Gasteiger partial charge is 0.255 e. The number of pyridine rings is 1. The summed E-state index contributed by atoms with van der Waals surface area (Å²) in [5.41, 5.74) is 4.67. The van der Waals surface area contributed by atoms with Crippen molar-refractivity contribution < 1.29 is 13.9 Å². The molecule has 4 aromatic rings. The van der Waals surface area contributed by atoms with Crippen LogP contribution in [0.5, 0.6) is 11.5 Å². The average molecular weight is 602 g/mol. The van der Waals surface area contributed by atoms with Crippen molar-refractivity contribution in [1.82, 2.24) is 19.7 Å². The zero-order chi connectivity index (χ0) is 31.8. The van der Waals surface area contributed by atoms with E-state index >= 15 is 4.39 Å². The summed E-state index contributed by atoms with van der Waals surface area (Å²) in [6, 6.07) is 11.8. The lowest BCUT2D eigenvalue weighted by atomic mass is 10.0. The Bertz CT molecular complexity index is 1880. The van der Waals surface area contributed by atoms with Gasteiger partial charge in [0.05, 0.1) is 24.6 Å². The number of aliphatic imine (C=N–C) groups is 1. The number of hydrogen-bond donors (Lipinski definition) is 2. The Kier molecular flexibility index (Phi) is 9.50. The van der Waals surface area contributed by atoms with Gasteiger partial charge in [-0.2, -0.15) is 5.10 Å². The fourth-order valence-electron chi connectivity index (χ4n) is 4.55. The molecule has 0 unspecified atom stereocenters. The van der Waals surface area contributed by atoms with Crippen LogP contribution in [0.3, 0.4) is 0 Å². The molecular formula is C35H32FN7O2. The number of allylic oxidation sites excluding steroid dienone is 3. The lowest BCUT2D eigenvalue weighted by Gasteiger charge is -2.24. The minimum absolute atomic E-state index is 0.136. The fraction of sp³-hybridized carbons (Fsp3) is 0.143. The Morgan fingerprint density at radius 3 is 2.73 bits per heavy atom. The second-order valence-corrected chi connectivity index (χ2v) is 10.2. The number of nitrogens with zero attached hydrogens (tertiary/aromatic N) is 5. The van der Waals surface area contributed by atoms with Crippen molar-refractivity contribution in [1.29, 1.82) is 0 Å². The number of carbonyl (C=O) groups excluding carboxylic acids is 1. The summed E-state index contributed by atoms with van der Waals surface area (Å²) < 4.78 is 22.8. The van der Waals surface area contributed by atoms with Crippen LogP contribution in [0.1, 0.15) is 34.0 Å². The van der Waals surface area contributed by atoms with Crippen LogP contribution in [-0.2, 0) is 13.5 Å². The summed E-state index contributed by atoms with van der Waals surface area (Å²) in [5, 5.41) is 10.4. The first-order valence-corrected chi connectivity index (χ1v) is 14.2. The molecule has 1 aliphatic rings. The molecule has 2 aromatic carbocycles. The lowest BCUT2D eigenvalue weighted by Crippen LogP contribution is -2.24. The van der Waals surface area contributed by atoms with E-state index in [1.165, 1.54) is 6.07 Å². The maximum Gasteiger partial charge on any atom is 0.255 e. The molecule has 1 amide bonds. The van der Waals surface area contributed by atoms with Gasteiger partial charge in [0.25, 0.3) is 5.91 Å². The number of rotatable bonds is 9. The Balaban J connectivity index is 1.35. The lowest BCUT2D eigenvalue weighted by molar-refractivity contribution is 0.102. The molecule has 2 aromatic heterocycles. The topological polar surface area (TPSA) is 96.7 Å². The van der Waals surface area contributed by atoms with Crippen molar-refractivity contribution in [3.05, 3.63) is 131 Å². The monoisotopic (exact) mass is 601 g/mol. The minimum Gasteiger partial charge on any atom is -0.457 e. The third kappa shape index (κ3) is 7.91. The molecule has 0 saturated heterocycles. The van der Waals surface area contributed by atoms with Crippen molar-refractivity contribution >= 4 is 24.0 Å². The van der Waals surface area contributed by atoms with Crippen LogP contribution in [0.4, 0.5) is 15.8 Å². The highest BCUT2D eigenvalue weighted by molar-refractivity contribution is 6.04. The first-order chi connectivity index (χ1) is 21.8. The Labute approximate surface area is 261 Å². The Morgan fingerprint density at radius 2 is 2.00 bits per heavy atom. The van der Waals surface area contributed by atoms with Crippen LogP contribution in [0.2, 0.25) is 0 Å². The number of aryl methyl sites for hydroxylation is 2. The maximum absolute atomic E-state index is 15.1. The molecule has 2 N–H and O–H groups in total. The van der Waals surface area contributed by atoms with Gasteiger partial charge in [-0.3, -0.25) is 19.5 Å². The first kappa shape index (κ1) is 30.5. The van der Waals surface area contributed by atoms with Gasteiger partial charge in [-0.1, -0.05) is 12.8 Å². The summed E-state index contributed by atoms with van der Waals surface area (Å²) in [7, 11) is 1.85. The van der Waals surface area contributed by atoms with E-state index in [0.717, 1.165) is 23.4 Å². The van der Waals surface area contributed by atoms with Crippen LogP contribution < -0.4 is 15.4 Å². The molecule has 5 rings (SSSR count). The molecule has 0 atom stereocenters.